The molecule has 7 heteroatoms. The van der Waals surface area contributed by atoms with E-state index in [4.69, 9.17) is 4.74 Å². The highest BCUT2D eigenvalue weighted by Crippen LogP contribution is 2.26. The van der Waals surface area contributed by atoms with Crippen molar-refractivity contribution in [3.05, 3.63) is 65.5 Å². The molecule has 0 aliphatic carbocycles. The molecule has 1 aliphatic rings. The number of piperidine rings is 1. The Balaban J connectivity index is 1.54. The summed E-state index contributed by atoms with van der Waals surface area (Å²) >= 11 is 0. The maximum atomic E-state index is 5.58. The molecule has 0 unspecified atom stereocenters. The third kappa shape index (κ3) is 3.90. The van der Waals surface area contributed by atoms with Crippen LogP contribution in [0, 0.1) is 6.92 Å². The maximum Gasteiger partial charge on any atom is 0.153 e. The van der Waals surface area contributed by atoms with Crippen molar-refractivity contribution in [2.45, 2.75) is 38.4 Å². The summed E-state index contributed by atoms with van der Waals surface area (Å²) in [5.74, 6) is 1.62. The highest BCUT2D eigenvalue weighted by Gasteiger charge is 2.25. The zero-order valence-electron chi connectivity index (χ0n) is 16.3. The number of rotatable bonds is 6. The second-order valence-electron chi connectivity index (χ2n) is 7.11. The number of ether oxygens (including phenoxy) is 1. The molecular formula is C21H26N6O. The number of aromatic nitrogens is 4. The number of hydrogen-bond donors (Lipinski definition) is 2. The van der Waals surface area contributed by atoms with Gasteiger partial charge in [-0.25, -0.2) is 0 Å². The van der Waals surface area contributed by atoms with Gasteiger partial charge in [0.05, 0.1) is 12.8 Å². The number of hydrogen-bond acceptors (Lipinski definition) is 6. The lowest BCUT2D eigenvalue weighted by Gasteiger charge is -2.34. The van der Waals surface area contributed by atoms with Gasteiger partial charge in [0.25, 0.3) is 0 Å². The Morgan fingerprint density at radius 1 is 1.21 bits per heavy atom. The number of aryl methyl sites for hydroxylation is 1. The lowest BCUT2D eigenvalue weighted by molar-refractivity contribution is 0.303. The minimum Gasteiger partial charge on any atom is -0.496 e. The third-order valence-electron chi connectivity index (χ3n) is 5.31. The van der Waals surface area contributed by atoms with E-state index in [0.29, 0.717) is 18.6 Å². The van der Waals surface area contributed by atoms with E-state index in [1.807, 2.05) is 19.1 Å². The normalized spacial score (nSPS) is 19.5. The first-order valence-corrected chi connectivity index (χ1v) is 9.70. The fourth-order valence-electron chi connectivity index (χ4n) is 3.87. The molecule has 2 aromatic carbocycles. The highest BCUT2D eigenvalue weighted by atomic mass is 16.5. The molecule has 0 saturated carbocycles. The highest BCUT2D eigenvalue weighted by molar-refractivity contribution is 5.44. The van der Waals surface area contributed by atoms with E-state index < -0.39 is 0 Å². The first-order chi connectivity index (χ1) is 13.8. The lowest BCUT2D eigenvalue weighted by atomic mass is 9.92. The Morgan fingerprint density at radius 3 is 2.82 bits per heavy atom. The molecule has 146 valence electrons. The van der Waals surface area contributed by atoms with Gasteiger partial charge in [-0.05, 0) is 60.5 Å². The third-order valence-corrected chi connectivity index (χ3v) is 5.31. The molecule has 4 rings (SSSR count). The number of methoxy groups -OCH3 is 1. The summed E-state index contributed by atoms with van der Waals surface area (Å²) < 4.78 is 7.32. The second-order valence-corrected chi connectivity index (χ2v) is 7.11. The lowest BCUT2D eigenvalue weighted by Crippen LogP contribution is -2.45. The zero-order valence-corrected chi connectivity index (χ0v) is 16.3. The fourth-order valence-corrected chi connectivity index (χ4v) is 3.87. The average molecular weight is 378 g/mol. The van der Waals surface area contributed by atoms with Crippen molar-refractivity contribution < 1.29 is 4.74 Å². The summed E-state index contributed by atoms with van der Waals surface area (Å²) in [4.78, 5) is 0. The topological polar surface area (TPSA) is 76.9 Å². The van der Waals surface area contributed by atoms with Crippen LogP contribution in [0.1, 0.15) is 35.8 Å². The van der Waals surface area contributed by atoms with E-state index in [2.05, 4.69) is 62.6 Å². The molecule has 0 radical (unpaired) electrons. The fraction of sp³-hybridized carbons (Fsp3) is 0.381. The van der Waals surface area contributed by atoms with Crippen molar-refractivity contribution in [1.82, 2.24) is 30.8 Å². The summed E-state index contributed by atoms with van der Waals surface area (Å²) in [6, 6.07) is 17.4. The molecule has 0 amide bonds. The quantitative estimate of drug-likeness (QED) is 0.687. The van der Waals surface area contributed by atoms with Crippen LogP contribution in [-0.2, 0) is 6.54 Å². The molecule has 7 nitrogen and oxygen atoms in total. The summed E-state index contributed by atoms with van der Waals surface area (Å²) in [6.07, 6.45) is 2.31. The van der Waals surface area contributed by atoms with Gasteiger partial charge in [-0.15, -0.1) is 5.10 Å². The second kappa shape index (κ2) is 8.50. The molecule has 1 aliphatic heterocycles. The molecule has 1 fully saturated rings. The number of benzene rings is 2. The van der Waals surface area contributed by atoms with Crippen LogP contribution in [0.25, 0.3) is 5.69 Å². The molecule has 2 heterocycles. The summed E-state index contributed by atoms with van der Waals surface area (Å²) in [5.41, 5.74) is 3.35. The Kier molecular flexibility index (Phi) is 5.64. The van der Waals surface area contributed by atoms with Crippen LogP contribution in [0.4, 0.5) is 0 Å². The van der Waals surface area contributed by atoms with Crippen molar-refractivity contribution in [2.24, 2.45) is 0 Å². The molecule has 0 spiro atoms. The molecule has 1 saturated heterocycles. The van der Waals surface area contributed by atoms with E-state index >= 15 is 0 Å². The van der Waals surface area contributed by atoms with Gasteiger partial charge in [-0.2, -0.15) is 4.68 Å². The Hall–Kier alpha value is -2.77. The van der Waals surface area contributed by atoms with Gasteiger partial charge in [0.1, 0.15) is 5.75 Å². The molecule has 2 atom stereocenters. The predicted molar refractivity (Wildman–Crippen MR) is 107 cm³/mol. The van der Waals surface area contributed by atoms with E-state index in [1.54, 1.807) is 11.8 Å². The Labute approximate surface area is 165 Å². The van der Waals surface area contributed by atoms with Gasteiger partial charge in [0.2, 0.25) is 0 Å². The molecular weight excluding hydrogens is 352 g/mol. The van der Waals surface area contributed by atoms with Crippen LogP contribution in [0.15, 0.2) is 48.5 Å². The number of nitrogens with zero attached hydrogens (tertiary/aromatic N) is 4. The molecule has 0 bridgehead atoms. The van der Waals surface area contributed by atoms with Crippen molar-refractivity contribution in [2.75, 3.05) is 13.7 Å². The van der Waals surface area contributed by atoms with Gasteiger partial charge in [-0.3, -0.25) is 0 Å². The SMILES string of the molecule is COc1ccc(-n2nnnc2C)cc1CN[C@H]1CCCN[C@H]1c1ccccc1. The van der Waals surface area contributed by atoms with E-state index in [-0.39, 0.29) is 0 Å². The molecule has 28 heavy (non-hydrogen) atoms. The molecule has 1 aromatic heterocycles. The monoisotopic (exact) mass is 378 g/mol. The van der Waals surface area contributed by atoms with Gasteiger partial charge in [-0.1, -0.05) is 30.3 Å². The van der Waals surface area contributed by atoms with Gasteiger partial charge >= 0.3 is 0 Å². The van der Waals surface area contributed by atoms with E-state index in [9.17, 15) is 0 Å². The first kappa shape index (κ1) is 18.6. The van der Waals surface area contributed by atoms with Crippen LogP contribution in [0.2, 0.25) is 0 Å². The van der Waals surface area contributed by atoms with Crippen LogP contribution in [0.3, 0.4) is 0 Å². The van der Waals surface area contributed by atoms with Gasteiger partial charge in [0.15, 0.2) is 5.82 Å². The van der Waals surface area contributed by atoms with Crippen molar-refractivity contribution >= 4 is 0 Å². The molecule has 3 aromatic rings. The van der Waals surface area contributed by atoms with Crippen molar-refractivity contribution in [1.29, 1.82) is 0 Å². The number of tetrazole rings is 1. The van der Waals surface area contributed by atoms with Crippen LogP contribution >= 0.6 is 0 Å². The standard InChI is InChI=1S/C21H26N6O/c1-15-24-25-26-27(15)18-10-11-20(28-2)17(13-18)14-23-19-9-6-12-22-21(19)16-7-4-3-5-8-16/h3-5,7-8,10-11,13,19,21-23H,6,9,12,14H2,1-2H3/t19-,21-/m0/s1. The number of nitrogens with one attached hydrogen (secondary N) is 2. The van der Waals surface area contributed by atoms with Crippen LogP contribution in [0.5, 0.6) is 5.75 Å². The van der Waals surface area contributed by atoms with Gasteiger partial charge < -0.3 is 15.4 Å². The van der Waals surface area contributed by atoms with E-state index in [0.717, 1.165) is 35.8 Å². The Bertz CT molecular complexity index is 910. The van der Waals surface area contributed by atoms with Crippen LogP contribution < -0.4 is 15.4 Å². The maximum absolute atomic E-state index is 5.58. The Morgan fingerprint density at radius 2 is 2.07 bits per heavy atom. The summed E-state index contributed by atoms with van der Waals surface area (Å²) in [5, 5.41) is 19.2. The largest absolute Gasteiger partial charge is 0.496 e. The first-order valence-electron chi connectivity index (χ1n) is 9.70. The smallest absolute Gasteiger partial charge is 0.153 e. The minimum atomic E-state index is 0.311. The summed E-state index contributed by atoms with van der Waals surface area (Å²) in [7, 11) is 1.70. The van der Waals surface area contributed by atoms with E-state index in [1.165, 1.54) is 12.0 Å². The zero-order chi connectivity index (χ0) is 19.3. The average Bonchev–Trinajstić information content (AvgIpc) is 3.18. The summed E-state index contributed by atoms with van der Waals surface area (Å²) in [6.45, 7) is 3.66. The van der Waals surface area contributed by atoms with Crippen LogP contribution in [-0.4, -0.2) is 39.9 Å². The molecule has 2 N–H and O–H groups in total. The van der Waals surface area contributed by atoms with Gasteiger partial charge in [0, 0.05) is 24.2 Å². The van der Waals surface area contributed by atoms with Crippen molar-refractivity contribution in [3.8, 4) is 11.4 Å². The predicted octanol–water partition coefficient (Wildman–Crippen LogP) is 2.56. The van der Waals surface area contributed by atoms with Crippen molar-refractivity contribution in [3.63, 3.8) is 0 Å². The minimum absolute atomic E-state index is 0.311.